The molecule has 8 nitrogen and oxygen atoms in total. The first-order valence-corrected chi connectivity index (χ1v) is 14.0. The van der Waals surface area contributed by atoms with E-state index >= 15 is 0 Å². The van der Waals surface area contributed by atoms with Crippen LogP contribution >= 0.6 is 0 Å². The zero-order valence-electron chi connectivity index (χ0n) is 22.2. The molecule has 2 bridgehead atoms. The fraction of sp³-hybridized carbons (Fsp3) is 0.690. The van der Waals surface area contributed by atoms with Crippen molar-refractivity contribution in [1.82, 2.24) is 15.5 Å². The zero-order valence-corrected chi connectivity index (χ0v) is 22.2. The maximum Gasteiger partial charge on any atom is 0.246 e. The van der Waals surface area contributed by atoms with Crippen LogP contribution in [0, 0.1) is 17.8 Å². The number of aliphatic hydroxyl groups excluding tert-OH is 1. The second-order valence-electron chi connectivity index (χ2n) is 11.7. The molecule has 4 aliphatic rings. The highest BCUT2D eigenvalue weighted by Crippen LogP contribution is 2.65. The van der Waals surface area contributed by atoms with Crippen molar-refractivity contribution in [3.05, 3.63) is 35.9 Å². The van der Waals surface area contributed by atoms with Gasteiger partial charge in [0.1, 0.15) is 11.6 Å². The molecule has 202 valence electrons. The molecule has 1 saturated carbocycles. The summed E-state index contributed by atoms with van der Waals surface area (Å²) in [4.78, 5) is 43.6. The minimum Gasteiger partial charge on any atom is -0.394 e. The van der Waals surface area contributed by atoms with Gasteiger partial charge in [-0.05, 0) is 44.1 Å². The molecule has 3 aliphatic heterocycles. The SMILES string of the molecule is CCCNC(=O)[C@@H]1[C@H]2C(=O)N([C@H](CO)c3ccccc3)C(C(=O)NC3CCCCC3)C23CC(C)[C@@]1(C)O3. The number of aliphatic hydroxyl groups is 1. The monoisotopic (exact) mass is 511 g/mol. The quantitative estimate of drug-likeness (QED) is 0.497. The van der Waals surface area contributed by atoms with Crippen molar-refractivity contribution in [3.8, 4) is 0 Å². The van der Waals surface area contributed by atoms with E-state index in [-0.39, 0.29) is 36.3 Å². The van der Waals surface area contributed by atoms with Gasteiger partial charge >= 0.3 is 0 Å². The highest BCUT2D eigenvalue weighted by Gasteiger charge is 2.80. The van der Waals surface area contributed by atoms with Crippen molar-refractivity contribution in [1.29, 1.82) is 0 Å². The average molecular weight is 512 g/mol. The number of hydrogen-bond acceptors (Lipinski definition) is 5. The molecular formula is C29H41N3O5. The molecule has 8 heteroatoms. The summed E-state index contributed by atoms with van der Waals surface area (Å²) in [5.41, 5.74) is -1.19. The third-order valence-corrected chi connectivity index (χ3v) is 9.48. The number of benzene rings is 1. The van der Waals surface area contributed by atoms with Crippen LogP contribution in [0.3, 0.4) is 0 Å². The summed E-state index contributed by atoms with van der Waals surface area (Å²) in [6.45, 7) is 6.16. The van der Waals surface area contributed by atoms with Crippen molar-refractivity contribution >= 4 is 17.7 Å². The Balaban J connectivity index is 1.58. The topological polar surface area (TPSA) is 108 Å². The first-order valence-electron chi connectivity index (χ1n) is 14.0. The second-order valence-corrected chi connectivity index (χ2v) is 11.7. The van der Waals surface area contributed by atoms with Crippen molar-refractivity contribution < 1.29 is 24.2 Å². The number of ether oxygens (including phenoxy) is 1. The van der Waals surface area contributed by atoms with Gasteiger partial charge in [-0.3, -0.25) is 14.4 Å². The Kier molecular flexibility index (Phi) is 7.09. The summed E-state index contributed by atoms with van der Waals surface area (Å²) in [6, 6.07) is 7.77. The number of rotatable bonds is 8. The minimum atomic E-state index is -1.11. The summed E-state index contributed by atoms with van der Waals surface area (Å²) in [7, 11) is 0. The van der Waals surface area contributed by atoms with E-state index in [4.69, 9.17) is 4.74 Å². The number of amides is 3. The molecular weight excluding hydrogens is 470 g/mol. The number of nitrogens with zero attached hydrogens (tertiary/aromatic N) is 1. The molecule has 5 rings (SSSR count). The van der Waals surface area contributed by atoms with Gasteiger partial charge in [0.2, 0.25) is 17.7 Å². The summed E-state index contributed by atoms with van der Waals surface area (Å²) in [5.74, 6) is -2.18. The Morgan fingerprint density at radius 2 is 1.86 bits per heavy atom. The van der Waals surface area contributed by atoms with Crippen LogP contribution in [-0.4, -0.2) is 64.2 Å². The molecule has 3 heterocycles. The van der Waals surface area contributed by atoms with E-state index in [1.54, 1.807) is 4.90 Å². The molecule has 1 aromatic rings. The number of fused-ring (bicyclic) bond motifs is 1. The van der Waals surface area contributed by atoms with Gasteiger partial charge < -0.3 is 25.4 Å². The lowest BCUT2D eigenvalue weighted by atomic mass is 9.62. The molecule has 3 N–H and O–H groups in total. The van der Waals surface area contributed by atoms with Gasteiger partial charge in [0.05, 0.1) is 30.1 Å². The molecule has 1 aliphatic carbocycles. The van der Waals surface area contributed by atoms with E-state index in [9.17, 15) is 19.5 Å². The Hall–Kier alpha value is -2.45. The van der Waals surface area contributed by atoms with E-state index in [2.05, 4.69) is 17.6 Å². The molecule has 7 atom stereocenters. The molecule has 3 unspecified atom stereocenters. The number of likely N-dealkylation sites (tertiary alicyclic amines) is 1. The van der Waals surface area contributed by atoms with Gasteiger partial charge in [0, 0.05) is 12.6 Å². The number of hydrogen-bond donors (Lipinski definition) is 3. The maximum atomic E-state index is 14.4. The smallest absolute Gasteiger partial charge is 0.246 e. The lowest BCUT2D eigenvalue weighted by Crippen LogP contribution is -2.58. The second kappa shape index (κ2) is 10.0. The van der Waals surface area contributed by atoms with Gasteiger partial charge in [0.15, 0.2) is 0 Å². The number of nitrogens with one attached hydrogen (secondary N) is 2. The van der Waals surface area contributed by atoms with Crippen molar-refractivity contribution in [2.75, 3.05) is 13.2 Å². The van der Waals surface area contributed by atoms with Crippen LogP contribution in [0.15, 0.2) is 30.3 Å². The summed E-state index contributed by atoms with van der Waals surface area (Å²) < 4.78 is 6.79. The molecule has 4 fully saturated rings. The molecule has 0 aromatic heterocycles. The summed E-state index contributed by atoms with van der Waals surface area (Å²) in [6.07, 6.45) is 6.45. The van der Waals surface area contributed by atoms with Crippen LogP contribution in [0.5, 0.6) is 0 Å². The Bertz CT molecular complexity index is 1030. The Morgan fingerprint density at radius 1 is 1.16 bits per heavy atom. The van der Waals surface area contributed by atoms with Crippen LogP contribution in [0.1, 0.15) is 77.3 Å². The van der Waals surface area contributed by atoms with Gasteiger partial charge in [0.25, 0.3) is 0 Å². The fourth-order valence-corrected chi connectivity index (χ4v) is 7.63. The van der Waals surface area contributed by atoms with E-state index in [0.717, 1.165) is 37.7 Å². The molecule has 3 saturated heterocycles. The van der Waals surface area contributed by atoms with E-state index in [0.29, 0.717) is 13.0 Å². The van der Waals surface area contributed by atoms with Crippen molar-refractivity contribution in [3.63, 3.8) is 0 Å². The highest BCUT2D eigenvalue weighted by atomic mass is 16.5. The zero-order chi connectivity index (χ0) is 26.4. The molecule has 0 radical (unpaired) electrons. The van der Waals surface area contributed by atoms with E-state index in [1.807, 2.05) is 44.2 Å². The molecule has 37 heavy (non-hydrogen) atoms. The van der Waals surface area contributed by atoms with Crippen LogP contribution < -0.4 is 10.6 Å². The van der Waals surface area contributed by atoms with Crippen LogP contribution in [-0.2, 0) is 19.1 Å². The highest BCUT2D eigenvalue weighted by molar-refractivity contribution is 5.99. The third-order valence-electron chi connectivity index (χ3n) is 9.48. The summed E-state index contributed by atoms with van der Waals surface area (Å²) >= 11 is 0. The number of carbonyl (C=O) groups excluding carboxylic acids is 3. The third kappa shape index (κ3) is 4.07. The lowest BCUT2D eigenvalue weighted by Gasteiger charge is -2.38. The maximum absolute atomic E-state index is 14.4. The van der Waals surface area contributed by atoms with Gasteiger partial charge in [-0.25, -0.2) is 0 Å². The standard InChI is InChI=1S/C29H41N3O5/c1-4-15-30-25(34)22-23-27(36)32(21(17-33)19-11-7-5-8-12-19)24(26(35)31-20-13-9-6-10-14-20)29(23)16-18(2)28(22,3)37-29/h5,7-8,11-12,18,20-24,33H,4,6,9-10,13-17H2,1-3H3,(H,30,34)(H,31,35)/t18?,21-,22+,23+,24?,28-,29?/m1/s1. The predicted molar refractivity (Wildman–Crippen MR) is 138 cm³/mol. The van der Waals surface area contributed by atoms with E-state index in [1.165, 1.54) is 6.42 Å². The van der Waals surface area contributed by atoms with Gasteiger partial charge in [-0.1, -0.05) is 63.4 Å². The van der Waals surface area contributed by atoms with Crippen LogP contribution in [0.4, 0.5) is 0 Å². The lowest BCUT2D eigenvalue weighted by molar-refractivity contribution is -0.151. The molecule has 1 aromatic carbocycles. The average Bonchev–Trinajstić information content (AvgIpc) is 3.41. The van der Waals surface area contributed by atoms with Crippen molar-refractivity contribution in [2.24, 2.45) is 17.8 Å². The van der Waals surface area contributed by atoms with Gasteiger partial charge in [-0.15, -0.1) is 0 Å². The van der Waals surface area contributed by atoms with E-state index < -0.39 is 35.1 Å². The Labute approximate surface area is 219 Å². The molecule has 3 amide bonds. The first-order chi connectivity index (χ1) is 17.8. The normalized spacial score (nSPS) is 35.9. The van der Waals surface area contributed by atoms with Crippen LogP contribution in [0.2, 0.25) is 0 Å². The predicted octanol–water partition coefficient (Wildman–Crippen LogP) is 2.71. The number of carbonyl (C=O) groups is 3. The molecule has 1 spiro atoms. The Morgan fingerprint density at radius 3 is 2.51 bits per heavy atom. The minimum absolute atomic E-state index is 0.0110. The summed E-state index contributed by atoms with van der Waals surface area (Å²) in [5, 5.41) is 16.8. The fourth-order valence-electron chi connectivity index (χ4n) is 7.63. The van der Waals surface area contributed by atoms with Crippen molar-refractivity contribution in [2.45, 2.75) is 95.0 Å². The largest absolute Gasteiger partial charge is 0.394 e. The van der Waals surface area contributed by atoms with Gasteiger partial charge in [-0.2, -0.15) is 0 Å². The van der Waals surface area contributed by atoms with Crippen LogP contribution in [0.25, 0.3) is 0 Å². The first kappa shape index (κ1) is 26.2.